The number of amides is 2. The molecule has 1 aromatic heterocycles. The Morgan fingerprint density at radius 2 is 2.00 bits per heavy atom. The number of rotatable bonds is 4. The van der Waals surface area contributed by atoms with E-state index in [4.69, 9.17) is 9.47 Å². The van der Waals surface area contributed by atoms with Crippen LogP contribution in [0.1, 0.15) is 36.6 Å². The number of carbonyl (C=O) groups excluding carboxylic acids is 2. The summed E-state index contributed by atoms with van der Waals surface area (Å²) in [6, 6.07) is 5.41. The molecule has 2 amide bonds. The molecule has 1 aliphatic carbocycles. The summed E-state index contributed by atoms with van der Waals surface area (Å²) in [6.45, 7) is 1.34. The number of nitrogens with zero attached hydrogens (tertiary/aromatic N) is 3. The highest BCUT2D eigenvalue weighted by Crippen LogP contribution is 2.39. The normalized spacial score (nSPS) is 21.5. The van der Waals surface area contributed by atoms with Crippen molar-refractivity contribution in [2.24, 2.45) is 5.92 Å². The van der Waals surface area contributed by atoms with Gasteiger partial charge in [0.15, 0.2) is 11.5 Å². The summed E-state index contributed by atoms with van der Waals surface area (Å²) in [5.41, 5.74) is 0.715. The van der Waals surface area contributed by atoms with E-state index < -0.39 is 5.92 Å². The molecular formula is C19H20N4O4S. The first-order valence-corrected chi connectivity index (χ1v) is 10.3. The molecule has 1 saturated heterocycles. The molecule has 0 bridgehead atoms. The molecule has 0 unspecified atom stereocenters. The van der Waals surface area contributed by atoms with Crippen molar-refractivity contribution in [1.82, 2.24) is 10.2 Å². The van der Waals surface area contributed by atoms with Crippen LogP contribution in [0.25, 0.3) is 0 Å². The number of fused-ring (bicyclic) bond motifs is 1. The second-order valence-electron chi connectivity index (χ2n) is 7.30. The zero-order valence-electron chi connectivity index (χ0n) is 15.2. The lowest BCUT2D eigenvalue weighted by Crippen LogP contribution is -2.28. The lowest BCUT2D eigenvalue weighted by atomic mass is 9.86. The van der Waals surface area contributed by atoms with E-state index in [1.807, 2.05) is 6.07 Å². The summed E-state index contributed by atoms with van der Waals surface area (Å²) in [7, 11) is 0. The van der Waals surface area contributed by atoms with Crippen LogP contribution in [0.4, 0.5) is 10.8 Å². The van der Waals surface area contributed by atoms with E-state index in [9.17, 15) is 9.59 Å². The molecule has 0 spiro atoms. The van der Waals surface area contributed by atoms with Gasteiger partial charge in [0.2, 0.25) is 16.9 Å². The summed E-state index contributed by atoms with van der Waals surface area (Å²) >= 11 is 1.43. The van der Waals surface area contributed by atoms with Gasteiger partial charge in [-0.05, 0) is 25.0 Å². The highest BCUT2D eigenvalue weighted by atomic mass is 32.1. The number of aromatic nitrogens is 2. The summed E-state index contributed by atoms with van der Waals surface area (Å²) in [4.78, 5) is 26.8. The Labute approximate surface area is 165 Å². The zero-order valence-corrected chi connectivity index (χ0v) is 16.0. The third-order valence-electron chi connectivity index (χ3n) is 5.46. The van der Waals surface area contributed by atoms with E-state index in [0.717, 1.165) is 17.8 Å². The topological polar surface area (TPSA) is 93.7 Å². The van der Waals surface area contributed by atoms with Crippen molar-refractivity contribution in [3.05, 3.63) is 23.2 Å². The Bertz CT molecular complexity index is 926. The van der Waals surface area contributed by atoms with E-state index in [1.54, 1.807) is 17.0 Å². The Balaban J connectivity index is 1.25. The minimum atomic E-state index is -0.420. The van der Waals surface area contributed by atoms with Crippen LogP contribution in [0.2, 0.25) is 0 Å². The molecule has 1 aromatic carbocycles. The van der Waals surface area contributed by atoms with E-state index in [-0.39, 0.29) is 18.2 Å². The number of carbonyl (C=O) groups is 2. The number of hydrogen-bond acceptors (Lipinski definition) is 7. The van der Waals surface area contributed by atoms with Gasteiger partial charge < -0.3 is 19.7 Å². The first-order valence-electron chi connectivity index (χ1n) is 9.51. The van der Waals surface area contributed by atoms with Gasteiger partial charge in [-0.3, -0.25) is 9.59 Å². The van der Waals surface area contributed by atoms with Gasteiger partial charge in [-0.1, -0.05) is 17.8 Å². The number of benzene rings is 1. The second kappa shape index (κ2) is 7.05. The molecule has 1 saturated carbocycles. The predicted molar refractivity (Wildman–Crippen MR) is 103 cm³/mol. The van der Waals surface area contributed by atoms with Crippen molar-refractivity contribution in [3.63, 3.8) is 0 Å². The number of hydrogen-bond donors (Lipinski definition) is 1. The largest absolute Gasteiger partial charge is 0.486 e. The zero-order chi connectivity index (χ0) is 19.1. The standard InChI is InChI=1S/C19H20N4O4S/c24-16-8-12(17(25)20-19-22-21-18(28-19)11-2-1-3-11)10-23(16)13-4-5-14-15(9-13)27-7-6-26-14/h4-5,9,11-12H,1-3,6-8,10H2,(H,20,22,25)/t12-/m0/s1. The second-order valence-corrected chi connectivity index (χ2v) is 8.30. The lowest BCUT2D eigenvalue weighted by Gasteiger charge is -2.22. The van der Waals surface area contributed by atoms with E-state index in [0.29, 0.717) is 48.0 Å². The smallest absolute Gasteiger partial charge is 0.231 e. The van der Waals surface area contributed by atoms with Crippen molar-refractivity contribution >= 4 is 34.0 Å². The van der Waals surface area contributed by atoms with Gasteiger partial charge in [0.25, 0.3) is 0 Å². The maximum atomic E-state index is 12.6. The van der Waals surface area contributed by atoms with Crippen LogP contribution in [0.15, 0.2) is 18.2 Å². The molecule has 9 heteroatoms. The van der Waals surface area contributed by atoms with Crippen LogP contribution >= 0.6 is 11.3 Å². The number of anilines is 2. The molecule has 1 N–H and O–H groups in total. The molecule has 2 aromatic rings. The third kappa shape index (κ3) is 3.19. The molecule has 2 fully saturated rings. The SMILES string of the molecule is O=C(Nc1nnc(C2CCC2)s1)[C@H]1CC(=O)N(c2ccc3c(c2)OCCO3)C1. The van der Waals surface area contributed by atoms with Crippen LogP contribution < -0.4 is 19.7 Å². The van der Waals surface area contributed by atoms with Gasteiger partial charge in [-0.25, -0.2) is 0 Å². The summed E-state index contributed by atoms with van der Waals surface area (Å²) in [5.74, 6) is 1.10. The summed E-state index contributed by atoms with van der Waals surface area (Å²) in [5, 5.41) is 12.6. The Morgan fingerprint density at radius 3 is 2.79 bits per heavy atom. The van der Waals surface area contributed by atoms with Crippen molar-refractivity contribution in [3.8, 4) is 11.5 Å². The van der Waals surface area contributed by atoms with Crippen molar-refractivity contribution in [1.29, 1.82) is 0 Å². The molecule has 146 valence electrons. The van der Waals surface area contributed by atoms with Crippen molar-refractivity contribution in [2.45, 2.75) is 31.6 Å². The molecule has 0 radical (unpaired) electrons. The molecule has 1 atom stereocenters. The number of nitrogens with one attached hydrogen (secondary N) is 1. The molecule has 2 aliphatic heterocycles. The van der Waals surface area contributed by atoms with Crippen molar-refractivity contribution in [2.75, 3.05) is 30.0 Å². The van der Waals surface area contributed by atoms with Gasteiger partial charge in [0.1, 0.15) is 18.2 Å². The maximum absolute atomic E-state index is 12.6. The van der Waals surface area contributed by atoms with Crippen LogP contribution in [-0.4, -0.2) is 41.8 Å². The fraction of sp³-hybridized carbons (Fsp3) is 0.474. The molecule has 28 heavy (non-hydrogen) atoms. The molecular weight excluding hydrogens is 380 g/mol. The average Bonchev–Trinajstić information content (AvgIpc) is 3.27. The fourth-order valence-electron chi connectivity index (χ4n) is 3.65. The Hall–Kier alpha value is -2.68. The fourth-order valence-corrected chi connectivity index (χ4v) is 4.56. The van der Waals surface area contributed by atoms with Crippen LogP contribution in [0.5, 0.6) is 11.5 Å². The first kappa shape index (κ1) is 17.4. The maximum Gasteiger partial charge on any atom is 0.231 e. The molecule has 3 heterocycles. The van der Waals surface area contributed by atoms with E-state index in [2.05, 4.69) is 15.5 Å². The lowest BCUT2D eigenvalue weighted by molar-refractivity contribution is -0.122. The summed E-state index contributed by atoms with van der Waals surface area (Å²) < 4.78 is 11.1. The van der Waals surface area contributed by atoms with Crippen LogP contribution in [0.3, 0.4) is 0 Å². The van der Waals surface area contributed by atoms with E-state index >= 15 is 0 Å². The quantitative estimate of drug-likeness (QED) is 0.848. The Kier molecular flexibility index (Phi) is 4.38. The van der Waals surface area contributed by atoms with Gasteiger partial charge in [0.05, 0.1) is 5.92 Å². The van der Waals surface area contributed by atoms with Gasteiger partial charge >= 0.3 is 0 Å². The van der Waals surface area contributed by atoms with Crippen LogP contribution in [-0.2, 0) is 9.59 Å². The third-order valence-corrected chi connectivity index (χ3v) is 6.46. The number of ether oxygens (including phenoxy) is 2. The summed E-state index contributed by atoms with van der Waals surface area (Å²) in [6.07, 6.45) is 3.69. The highest BCUT2D eigenvalue weighted by Gasteiger charge is 2.36. The first-order chi connectivity index (χ1) is 13.7. The van der Waals surface area contributed by atoms with Crippen LogP contribution in [0, 0.1) is 5.92 Å². The minimum absolute atomic E-state index is 0.0794. The highest BCUT2D eigenvalue weighted by molar-refractivity contribution is 7.15. The Morgan fingerprint density at radius 1 is 1.18 bits per heavy atom. The van der Waals surface area contributed by atoms with Gasteiger partial charge in [0, 0.05) is 30.6 Å². The average molecular weight is 400 g/mol. The van der Waals surface area contributed by atoms with Gasteiger partial charge in [-0.15, -0.1) is 10.2 Å². The van der Waals surface area contributed by atoms with Crippen molar-refractivity contribution < 1.29 is 19.1 Å². The molecule has 3 aliphatic rings. The minimum Gasteiger partial charge on any atom is -0.486 e. The molecule has 5 rings (SSSR count). The molecule has 8 nitrogen and oxygen atoms in total. The predicted octanol–water partition coefficient (Wildman–Crippen LogP) is 2.57. The van der Waals surface area contributed by atoms with Gasteiger partial charge in [-0.2, -0.15) is 0 Å². The van der Waals surface area contributed by atoms with E-state index in [1.165, 1.54) is 17.8 Å². The monoisotopic (exact) mass is 400 g/mol.